The van der Waals surface area contributed by atoms with Gasteiger partial charge in [0.2, 0.25) is 0 Å². The highest BCUT2D eigenvalue weighted by Crippen LogP contribution is 2.28. The molecule has 2 atom stereocenters. The zero-order chi connectivity index (χ0) is 17.4. The monoisotopic (exact) mass is 353 g/mol. The summed E-state index contributed by atoms with van der Waals surface area (Å²) in [5.41, 5.74) is 0.835. The Hall–Kier alpha value is -1.43. The van der Waals surface area contributed by atoms with Crippen molar-refractivity contribution in [3.63, 3.8) is 0 Å². The summed E-state index contributed by atoms with van der Waals surface area (Å²) in [6, 6.07) is 5.50. The van der Waals surface area contributed by atoms with E-state index in [9.17, 15) is 4.39 Å². The number of aliphatic imine (C=N–C) groups is 1. The predicted molar refractivity (Wildman–Crippen MR) is 100 cm³/mol. The molecular formula is C18H28FN3OS. The molecule has 0 saturated heterocycles. The van der Waals surface area contributed by atoms with Gasteiger partial charge in [-0.15, -0.1) is 0 Å². The minimum atomic E-state index is -0.332. The smallest absolute Gasteiger partial charge is 0.191 e. The quantitative estimate of drug-likeness (QED) is 0.581. The van der Waals surface area contributed by atoms with E-state index in [2.05, 4.69) is 21.9 Å². The number of halogens is 1. The minimum absolute atomic E-state index is 0.296. The number of benzene rings is 1. The van der Waals surface area contributed by atoms with Crippen molar-refractivity contribution in [3.05, 3.63) is 29.6 Å². The van der Waals surface area contributed by atoms with Crippen molar-refractivity contribution >= 4 is 17.7 Å². The summed E-state index contributed by atoms with van der Waals surface area (Å²) >= 11 is 1.94. The van der Waals surface area contributed by atoms with Crippen molar-refractivity contribution in [3.8, 4) is 5.75 Å². The lowest BCUT2D eigenvalue weighted by Gasteiger charge is -2.17. The fraction of sp³-hybridized carbons (Fsp3) is 0.611. The van der Waals surface area contributed by atoms with Crippen LogP contribution in [0.3, 0.4) is 0 Å². The number of hydrogen-bond acceptors (Lipinski definition) is 3. The maximum Gasteiger partial charge on any atom is 0.191 e. The number of nitrogens with zero attached hydrogens (tertiary/aromatic N) is 1. The van der Waals surface area contributed by atoms with Crippen molar-refractivity contribution < 1.29 is 9.13 Å². The normalized spacial score (nSPS) is 20.9. The number of thioether (sulfide) groups is 1. The molecule has 1 aromatic carbocycles. The highest BCUT2D eigenvalue weighted by Gasteiger charge is 2.24. The Balaban J connectivity index is 1.96. The first-order valence-electron chi connectivity index (χ1n) is 8.65. The van der Waals surface area contributed by atoms with Crippen molar-refractivity contribution in [1.82, 2.24) is 10.6 Å². The number of rotatable bonds is 7. The average molecular weight is 354 g/mol. The molecule has 4 nitrogen and oxygen atoms in total. The van der Waals surface area contributed by atoms with Gasteiger partial charge in [0.15, 0.2) is 17.5 Å². The highest BCUT2D eigenvalue weighted by molar-refractivity contribution is 7.99. The van der Waals surface area contributed by atoms with Gasteiger partial charge in [-0.05, 0) is 57.1 Å². The first kappa shape index (κ1) is 18.9. The van der Waals surface area contributed by atoms with Crippen LogP contribution >= 0.6 is 11.8 Å². The van der Waals surface area contributed by atoms with Crippen LogP contribution in [0.5, 0.6) is 5.75 Å². The van der Waals surface area contributed by atoms with E-state index in [0.29, 0.717) is 24.9 Å². The Morgan fingerprint density at radius 3 is 2.83 bits per heavy atom. The molecule has 0 heterocycles. The summed E-state index contributed by atoms with van der Waals surface area (Å²) in [5.74, 6) is 0.768. The maximum absolute atomic E-state index is 13.9. The fourth-order valence-corrected chi connectivity index (χ4v) is 3.68. The Bertz CT molecular complexity index is 553. The Morgan fingerprint density at radius 1 is 1.38 bits per heavy atom. The molecule has 2 unspecified atom stereocenters. The third kappa shape index (κ3) is 5.58. The first-order chi connectivity index (χ1) is 11.7. The van der Waals surface area contributed by atoms with E-state index in [1.54, 1.807) is 6.07 Å². The van der Waals surface area contributed by atoms with Gasteiger partial charge in [0.05, 0.1) is 13.2 Å². The van der Waals surface area contributed by atoms with Crippen LogP contribution in [0.4, 0.5) is 4.39 Å². The predicted octanol–water partition coefficient (Wildman–Crippen LogP) is 3.56. The standard InChI is InChI=1S/C18H28FN3OS/c1-4-20-18(22-14-7-8-15(11-14)24-3)21-12-13-6-9-17(23-5-2)16(19)10-13/h6,9-10,14-15H,4-5,7-8,11-12H2,1-3H3,(H2,20,21,22). The molecule has 0 aromatic heterocycles. The van der Waals surface area contributed by atoms with E-state index >= 15 is 0 Å². The molecule has 1 aliphatic rings. The van der Waals surface area contributed by atoms with Crippen molar-refractivity contribution in [1.29, 1.82) is 0 Å². The van der Waals surface area contributed by atoms with Crippen LogP contribution in [-0.4, -0.2) is 36.7 Å². The van der Waals surface area contributed by atoms with Gasteiger partial charge in [-0.3, -0.25) is 0 Å². The van der Waals surface area contributed by atoms with E-state index in [0.717, 1.165) is 23.3 Å². The molecule has 2 N–H and O–H groups in total. The van der Waals surface area contributed by atoms with E-state index in [1.807, 2.05) is 31.7 Å². The van der Waals surface area contributed by atoms with E-state index < -0.39 is 0 Å². The molecular weight excluding hydrogens is 325 g/mol. The van der Waals surface area contributed by atoms with Gasteiger partial charge in [-0.2, -0.15) is 11.8 Å². The lowest BCUT2D eigenvalue weighted by atomic mass is 10.2. The second kappa shape index (κ2) is 9.77. The molecule has 1 aromatic rings. The van der Waals surface area contributed by atoms with Crippen LogP contribution in [0.15, 0.2) is 23.2 Å². The van der Waals surface area contributed by atoms with Crippen molar-refractivity contribution in [2.45, 2.75) is 50.9 Å². The summed E-state index contributed by atoms with van der Waals surface area (Å²) in [6.45, 7) is 5.60. The van der Waals surface area contributed by atoms with Gasteiger partial charge in [-0.25, -0.2) is 9.38 Å². The molecule has 134 valence electrons. The summed E-state index contributed by atoms with van der Waals surface area (Å²) in [6.07, 6.45) is 5.77. The topological polar surface area (TPSA) is 45.7 Å². The highest BCUT2D eigenvalue weighted by atomic mass is 32.2. The largest absolute Gasteiger partial charge is 0.491 e. The zero-order valence-corrected chi connectivity index (χ0v) is 15.6. The number of guanidine groups is 1. The van der Waals surface area contributed by atoms with Crippen LogP contribution in [-0.2, 0) is 6.54 Å². The summed E-state index contributed by atoms with van der Waals surface area (Å²) in [5, 5.41) is 7.52. The van der Waals surface area contributed by atoms with Gasteiger partial charge >= 0.3 is 0 Å². The lowest BCUT2D eigenvalue weighted by Crippen LogP contribution is -2.42. The summed E-state index contributed by atoms with van der Waals surface area (Å²) in [4.78, 5) is 4.59. The summed E-state index contributed by atoms with van der Waals surface area (Å²) in [7, 11) is 0. The molecule has 0 bridgehead atoms. The van der Waals surface area contributed by atoms with Crippen molar-refractivity contribution in [2.75, 3.05) is 19.4 Å². The molecule has 0 radical (unpaired) electrons. The van der Waals surface area contributed by atoms with Gasteiger partial charge < -0.3 is 15.4 Å². The molecule has 0 aliphatic heterocycles. The molecule has 1 fully saturated rings. The number of nitrogens with one attached hydrogen (secondary N) is 2. The summed E-state index contributed by atoms with van der Waals surface area (Å²) < 4.78 is 19.1. The van der Waals surface area contributed by atoms with E-state index in [1.165, 1.54) is 25.3 Å². The fourth-order valence-electron chi connectivity index (χ4n) is 2.88. The van der Waals surface area contributed by atoms with Gasteiger partial charge in [0, 0.05) is 17.8 Å². The van der Waals surface area contributed by atoms with E-state index in [4.69, 9.17) is 4.74 Å². The minimum Gasteiger partial charge on any atom is -0.491 e. The third-order valence-electron chi connectivity index (χ3n) is 4.12. The van der Waals surface area contributed by atoms with Crippen LogP contribution < -0.4 is 15.4 Å². The molecule has 6 heteroatoms. The number of hydrogen-bond donors (Lipinski definition) is 2. The molecule has 0 spiro atoms. The van der Waals surface area contributed by atoms with Crippen molar-refractivity contribution in [2.24, 2.45) is 4.99 Å². The molecule has 2 rings (SSSR count). The van der Waals surface area contributed by atoms with Gasteiger partial charge in [-0.1, -0.05) is 6.07 Å². The Labute approximate surface area is 148 Å². The van der Waals surface area contributed by atoms with Crippen LogP contribution in [0.1, 0.15) is 38.7 Å². The lowest BCUT2D eigenvalue weighted by molar-refractivity contribution is 0.321. The van der Waals surface area contributed by atoms with Crippen LogP contribution in [0.25, 0.3) is 0 Å². The Morgan fingerprint density at radius 2 is 2.21 bits per heavy atom. The SMILES string of the molecule is CCNC(=NCc1ccc(OCC)c(F)c1)NC1CCC(SC)C1. The van der Waals surface area contributed by atoms with Gasteiger partial charge in [0.25, 0.3) is 0 Å². The molecule has 1 aliphatic carbocycles. The molecule has 24 heavy (non-hydrogen) atoms. The van der Waals surface area contributed by atoms with Gasteiger partial charge in [0.1, 0.15) is 0 Å². The second-order valence-corrected chi connectivity index (χ2v) is 7.04. The Kier molecular flexibility index (Phi) is 7.69. The average Bonchev–Trinajstić information content (AvgIpc) is 3.03. The van der Waals surface area contributed by atoms with E-state index in [-0.39, 0.29) is 5.82 Å². The number of ether oxygens (including phenoxy) is 1. The molecule has 1 saturated carbocycles. The second-order valence-electron chi connectivity index (χ2n) is 5.90. The third-order valence-corrected chi connectivity index (χ3v) is 5.21. The maximum atomic E-state index is 13.9. The van der Waals surface area contributed by atoms with Crippen LogP contribution in [0, 0.1) is 5.82 Å². The molecule has 0 amide bonds. The van der Waals surface area contributed by atoms with Crippen LogP contribution in [0.2, 0.25) is 0 Å². The first-order valence-corrected chi connectivity index (χ1v) is 9.93. The zero-order valence-electron chi connectivity index (χ0n) is 14.8.